The van der Waals surface area contributed by atoms with E-state index in [4.69, 9.17) is 9.84 Å². The fourth-order valence-corrected chi connectivity index (χ4v) is 1.33. The van der Waals surface area contributed by atoms with E-state index in [9.17, 15) is 9.90 Å². The van der Waals surface area contributed by atoms with Crippen molar-refractivity contribution in [3.8, 4) is 0 Å². The predicted octanol–water partition coefficient (Wildman–Crippen LogP) is 0.0347. The van der Waals surface area contributed by atoms with Crippen LogP contribution in [0.3, 0.4) is 0 Å². The SMILES string of the molecule is COCC(O)CN(C)C(C)C(C)C(=O)O. The highest BCUT2D eigenvalue weighted by atomic mass is 16.5. The van der Waals surface area contributed by atoms with Crippen LogP contribution in [0.5, 0.6) is 0 Å². The molecule has 0 rings (SSSR count). The summed E-state index contributed by atoms with van der Waals surface area (Å²) in [5.74, 6) is -1.28. The molecule has 90 valence electrons. The van der Waals surface area contributed by atoms with E-state index in [0.717, 1.165) is 0 Å². The average Bonchev–Trinajstić information content (AvgIpc) is 2.15. The molecule has 0 aliphatic rings. The molecule has 0 aromatic heterocycles. The molecule has 0 radical (unpaired) electrons. The summed E-state index contributed by atoms with van der Waals surface area (Å²) in [6.45, 7) is 4.16. The Morgan fingerprint density at radius 1 is 1.47 bits per heavy atom. The Balaban J connectivity index is 4.08. The summed E-state index contributed by atoms with van der Waals surface area (Å²) in [5.41, 5.74) is 0. The zero-order valence-corrected chi connectivity index (χ0v) is 9.80. The number of aliphatic carboxylic acids is 1. The maximum Gasteiger partial charge on any atom is 0.307 e. The minimum atomic E-state index is -0.824. The van der Waals surface area contributed by atoms with Crippen molar-refractivity contribution in [2.45, 2.75) is 26.0 Å². The molecule has 3 atom stereocenters. The van der Waals surface area contributed by atoms with E-state index in [1.165, 1.54) is 7.11 Å². The van der Waals surface area contributed by atoms with Gasteiger partial charge in [-0.3, -0.25) is 4.79 Å². The molecule has 0 fully saturated rings. The number of aliphatic hydroxyl groups is 1. The average molecular weight is 219 g/mol. The number of carbonyl (C=O) groups is 1. The summed E-state index contributed by atoms with van der Waals surface area (Å²) in [4.78, 5) is 12.6. The highest BCUT2D eigenvalue weighted by molar-refractivity contribution is 5.70. The lowest BCUT2D eigenvalue weighted by Gasteiger charge is -2.29. The predicted molar refractivity (Wildman–Crippen MR) is 56.8 cm³/mol. The Bertz CT molecular complexity index is 198. The van der Waals surface area contributed by atoms with Crippen molar-refractivity contribution in [1.29, 1.82) is 0 Å². The number of hydrogen-bond donors (Lipinski definition) is 2. The van der Waals surface area contributed by atoms with Gasteiger partial charge in [0.15, 0.2) is 0 Å². The molecule has 0 aliphatic carbocycles. The molecule has 5 nitrogen and oxygen atoms in total. The molecule has 0 aromatic carbocycles. The second-order valence-corrected chi connectivity index (χ2v) is 3.92. The number of carboxylic acid groups (broad SMARTS) is 1. The fourth-order valence-electron chi connectivity index (χ4n) is 1.33. The van der Waals surface area contributed by atoms with Gasteiger partial charge in [0, 0.05) is 19.7 Å². The van der Waals surface area contributed by atoms with Gasteiger partial charge in [-0.05, 0) is 14.0 Å². The van der Waals surface area contributed by atoms with Crippen molar-refractivity contribution in [3.05, 3.63) is 0 Å². The second-order valence-electron chi connectivity index (χ2n) is 3.92. The van der Waals surface area contributed by atoms with Crippen LogP contribution >= 0.6 is 0 Å². The van der Waals surface area contributed by atoms with Crippen LogP contribution in [0, 0.1) is 5.92 Å². The van der Waals surface area contributed by atoms with Gasteiger partial charge in [0.2, 0.25) is 0 Å². The van der Waals surface area contributed by atoms with E-state index < -0.39 is 18.0 Å². The van der Waals surface area contributed by atoms with Gasteiger partial charge in [0.05, 0.1) is 18.6 Å². The number of carboxylic acids is 1. The molecule has 0 spiro atoms. The van der Waals surface area contributed by atoms with E-state index in [2.05, 4.69) is 0 Å². The van der Waals surface area contributed by atoms with Gasteiger partial charge in [0.25, 0.3) is 0 Å². The van der Waals surface area contributed by atoms with Gasteiger partial charge >= 0.3 is 5.97 Å². The standard InChI is InChI=1S/C10H21NO4/c1-7(10(13)14)8(2)11(3)5-9(12)6-15-4/h7-9,12H,5-6H2,1-4H3,(H,13,14). The van der Waals surface area contributed by atoms with Crippen LogP contribution in [0.15, 0.2) is 0 Å². The third-order valence-electron chi connectivity index (χ3n) is 2.67. The summed E-state index contributed by atoms with van der Waals surface area (Å²) in [6.07, 6.45) is -0.580. The Hall–Kier alpha value is -0.650. The van der Waals surface area contributed by atoms with E-state index in [0.29, 0.717) is 6.54 Å². The van der Waals surface area contributed by atoms with Crippen LogP contribution in [-0.4, -0.2) is 60.5 Å². The number of methoxy groups -OCH3 is 1. The minimum Gasteiger partial charge on any atom is -0.481 e. The molecule has 0 aromatic rings. The van der Waals surface area contributed by atoms with E-state index in [1.54, 1.807) is 14.0 Å². The van der Waals surface area contributed by atoms with Crippen LogP contribution < -0.4 is 0 Å². The number of nitrogens with zero attached hydrogens (tertiary/aromatic N) is 1. The topological polar surface area (TPSA) is 70.0 Å². The lowest BCUT2D eigenvalue weighted by atomic mass is 10.0. The summed E-state index contributed by atoms with van der Waals surface area (Å²) >= 11 is 0. The lowest BCUT2D eigenvalue weighted by Crippen LogP contribution is -2.42. The highest BCUT2D eigenvalue weighted by Crippen LogP contribution is 2.09. The van der Waals surface area contributed by atoms with E-state index in [1.807, 2.05) is 11.8 Å². The molecular weight excluding hydrogens is 198 g/mol. The highest BCUT2D eigenvalue weighted by Gasteiger charge is 2.24. The summed E-state index contributed by atoms with van der Waals surface area (Å²) in [6, 6.07) is -0.117. The molecular formula is C10H21NO4. The van der Waals surface area contributed by atoms with Gasteiger partial charge in [-0.2, -0.15) is 0 Å². The fraction of sp³-hybridized carbons (Fsp3) is 0.900. The van der Waals surface area contributed by atoms with Crippen LogP contribution in [0.25, 0.3) is 0 Å². The zero-order valence-electron chi connectivity index (χ0n) is 9.80. The zero-order chi connectivity index (χ0) is 12.0. The number of ether oxygens (including phenoxy) is 1. The summed E-state index contributed by atoms with van der Waals surface area (Å²) in [5, 5.41) is 18.3. The molecule has 3 unspecified atom stereocenters. The molecule has 0 heterocycles. The molecule has 0 saturated carbocycles. The summed E-state index contributed by atoms with van der Waals surface area (Å²) in [7, 11) is 3.31. The molecule has 0 amide bonds. The number of aliphatic hydroxyl groups excluding tert-OH is 1. The number of hydrogen-bond acceptors (Lipinski definition) is 4. The van der Waals surface area contributed by atoms with Crippen LogP contribution in [-0.2, 0) is 9.53 Å². The Morgan fingerprint density at radius 2 is 2.00 bits per heavy atom. The summed E-state index contributed by atoms with van der Waals surface area (Å²) < 4.78 is 4.80. The molecule has 5 heteroatoms. The van der Waals surface area contributed by atoms with Crippen molar-refractivity contribution in [2.24, 2.45) is 5.92 Å². The maximum absolute atomic E-state index is 10.7. The first-order chi connectivity index (χ1) is 6.90. The van der Waals surface area contributed by atoms with Gasteiger partial charge in [0.1, 0.15) is 0 Å². The van der Waals surface area contributed by atoms with Crippen molar-refractivity contribution in [1.82, 2.24) is 4.90 Å². The first-order valence-electron chi connectivity index (χ1n) is 5.00. The van der Waals surface area contributed by atoms with Crippen molar-refractivity contribution < 1.29 is 19.7 Å². The van der Waals surface area contributed by atoms with Crippen molar-refractivity contribution >= 4 is 5.97 Å². The normalized spacial score (nSPS) is 17.5. The third-order valence-corrected chi connectivity index (χ3v) is 2.67. The maximum atomic E-state index is 10.7. The van der Waals surface area contributed by atoms with Gasteiger partial charge in [-0.1, -0.05) is 6.92 Å². The van der Waals surface area contributed by atoms with Gasteiger partial charge < -0.3 is 19.8 Å². The quantitative estimate of drug-likeness (QED) is 0.632. The Kier molecular flexibility index (Phi) is 6.47. The molecule has 0 saturated heterocycles. The van der Waals surface area contributed by atoms with Crippen LogP contribution in [0.2, 0.25) is 0 Å². The first kappa shape index (κ1) is 14.3. The molecule has 2 N–H and O–H groups in total. The van der Waals surface area contributed by atoms with Gasteiger partial charge in [-0.15, -0.1) is 0 Å². The number of rotatable bonds is 7. The Labute approximate surface area is 90.6 Å². The molecule has 0 bridgehead atoms. The van der Waals surface area contributed by atoms with Crippen LogP contribution in [0.4, 0.5) is 0 Å². The van der Waals surface area contributed by atoms with Crippen molar-refractivity contribution in [3.63, 3.8) is 0 Å². The van der Waals surface area contributed by atoms with E-state index >= 15 is 0 Å². The second kappa shape index (κ2) is 6.76. The molecule has 15 heavy (non-hydrogen) atoms. The van der Waals surface area contributed by atoms with E-state index in [-0.39, 0.29) is 12.6 Å². The number of likely N-dealkylation sites (N-methyl/N-ethyl adjacent to an activating group) is 1. The van der Waals surface area contributed by atoms with Crippen LogP contribution in [0.1, 0.15) is 13.8 Å². The largest absolute Gasteiger partial charge is 0.481 e. The minimum absolute atomic E-state index is 0.117. The smallest absolute Gasteiger partial charge is 0.307 e. The monoisotopic (exact) mass is 219 g/mol. The Morgan fingerprint density at radius 3 is 2.40 bits per heavy atom. The first-order valence-corrected chi connectivity index (χ1v) is 5.00. The van der Waals surface area contributed by atoms with Crippen molar-refractivity contribution in [2.75, 3.05) is 27.3 Å². The third kappa shape index (κ3) is 5.11. The van der Waals surface area contributed by atoms with Gasteiger partial charge in [-0.25, -0.2) is 0 Å². The lowest BCUT2D eigenvalue weighted by molar-refractivity contribution is -0.143. The molecule has 0 aliphatic heterocycles.